The Bertz CT molecular complexity index is 904. The van der Waals surface area contributed by atoms with Gasteiger partial charge in [0.2, 0.25) is 0 Å². The molecule has 0 bridgehead atoms. The molecule has 1 saturated heterocycles. The molecule has 0 spiro atoms. The molecule has 0 radical (unpaired) electrons. The number of amides is 1. The quantitative estimate of drug-likeness (QED) is 0.669. The first-order valence-corrected chi connectivity index (χ1v) is 10.4. The van der Waals surface area contributed by atoms with E-state index in [1.54, 1.807) is 12.4 Å². The van der Waals surface area contributed by atoms with E-state index >= 15 is 0 Å². The van der Waals surface area contributed by atoms with Crippen LogP contribution in [0.2, 0.25) is 0 Å². The second-order valence-electron chi connectivity index (χ2n) is 7.55. The number of benzene rings is 2. The summed E-state index contributed by atoms with van der Waals surface area (Å²) in [5, 5.41) is 3.16. The van der Waals surface area contributed by atoms with Crippen molar-refractivity contribution in [3.63, 3.8) is 0 Å². The summed E-state index contributed by atoms with van der Waals surface area (Å²) in [4.78, 5) is 19.3. The van der Waals surface area contributed by atoms with E-state index in [0.717, 1.165) is 24.2 Å². The molecule has 2 heterocycles. The number of likely N-dealkylation sites (tertiary alicyclic amines) is 1. The van der Waals surface area contributed by atoms with Crippen molar-refractivity contribution in [3.8, 4) is 11.1 Å². The van der Waals surface area contributed by atoms with Gasteiger partial charge in [0.25, 0.3) is 5.91 Å². The van der Waals surface area contributed by atoms with Crippen LogP contribution in [0.3, 0.4) is 0 Å². The van der Waals surface area contributed by atoms with Gasteiger partial charge in [0.15, 0.2) is 0 Å². The minimum atomic E-state index is -0.0239. The molecule has 4 heteroatoms. The zero-order valence-electron chi connectivity index (χ0n) is 16.6. The Balaban J connectivity index is 1.43. The SMILES string of the molecule is O=C(NCC(c1ccccc1)N1CCCCC1)c1ccc(-c2ccncc2)cc1. The zero-order valence-corrected chi connectivity index (χ0v) is 16.6. The number of carbonyl (C=O) groups is 1. The molecule has 1 unspecified atom stereocenters. The van der Waals surface area contributed by atoms with Gasteiger partial charge in [0, 0.05) is 24.5 Å². The van der Waals surface area contributed by atoms with Crippen LogP contribution in [0.5, 0.6) is 0 Å². The molecular weight excluding hydrogens is 358 g/mol. The number of nitrogens with one attached hydrogen (secondary N) is 1. The van der Waals surface area contributed by atoms with Gasteiger partial charge in [0.1, 0.15) is 0 Å². The van der Waals surface area contributed by atoms with Crippen molar-refractivity contribution >= 4 is 5.91 Å². The molecule has 4 nitrogen and oxygen atoms in total. The molecule has 148 valence electrons. The van der Waals surface area contributed by atoms with Crippen molar-refractivity contribution in [3.05, 3.63) is 90.3 Å². The van der Waals surface area contributed by atoms with Gasteiger partial charge in [-0.05, 0) is 66.9 Å². The molecule has 1 N–H and O–H groups in total. The van der Waals surface area contributed by atoms with E-state index < -0.39 is 0 Å². The summed E-state index contributed by atoms with van der Waals surface area (Å²) in [5.41, 5.74) is 4.14. The fraction of sp³-hybridized carbons (Fsp3) is 0.280. The van der Waals surface area contributed by atoms with Gasteiger partial charge in [-0.15, -0.1) is 0 Å². The van der Waals surface area contributed by atoms with Crippen molar-refractivity contribution in [2.45, 2.75) is 25.3 Å². The first kappa shape index (κ1) is 19.3. The van der Waals surface area contributed by atoms with Gasteiger partial charge < -0.3 is 5.32 Å². The summed E-state index contributed by atoms with van der Waals surface area (Å²) >= 11 is 0. The smallest absolute Gasteiger partial charge is 0.251 e. The number of piperidine rings is 1. The van der Waals surface area contributed by atoms with Gasteiger partial charge in [0.05, 0.1) is 6.04 Å². The summed E-state index contributed by atoms with van der Waals surface area (Å²) in [6, 6.07) is 22.4. The monoisotopic (exact) mass is 385 g/mol. The topological polar surface area (TPSA) is 45.2 Å². The third-order valence-corrected chi connectivity index (χ3v) is 5.63. The third-order valence-electron chi connectivity index (χ3n) is 5.63. The van der Waals surface area contributed by atoms with Gasteiger partial charge >= 0.3 is 0 Å². The van der Waals surface area contributed by atoms with Crippen LogP contribution in [0, 0.1) is 0 Å². The Hall–Kier alpha value is -2.98. The first-order chi connectivity index (χ1) is 14.3. The fourth-order valence-electron chi connectivity index (χ4n) is 4.01. The molecule has 1 aromatic heterocycles. The Morgan fingerprint density at radius 2 is 1.52 bits per heavy atom. The van der Waals surface area contributed by atoms with Crippen LogP contribution in [0.4, 0.5) is 0 Å². The maximum Gasteiger partial charge on any atom is 0.251 e. The molecule has 1 fully saturated rings. The summed E-state index contributed by atoms with van der Waals surface area (Å²) in [6.07, 6.45) is 7.32. The van der Waals surface area contributed by atoms with Crippen LogP contribution in [-0.2, 0) is 0 Å². The zero-order chi connectivity index (χ0) is 19.9. The minimum absolute atomic E-state index is 0.0239. The molecule has 29 heavy (non-hydrogen) atoms. The van der Waals surface area contributed by atoms with Crippen molar-refractivity contribution < 1.29 is 4.79 Å². The number of carbonyl (C=O) groups excluding carboxylic acids is 1. The van der Waals surface area contributed by atoms with Crippen molar-refractivity contribution in [2.75, 3.05) is 19.6 Å². The largest absolute Gasteiger partial charge is 0.350 e. The number of aromatic nitrogens is 1. The van der Waals surface area contributed by atoms with Gasteiger partial charge in [-0.1, -0.05) is 48.9 Å². The van der Waals surface area contributed by atoms with E-state index in [0.29, 0.717) is 12.1 Å². The van der Waals surface area contributed by atoms with Crippen molar-refractivity contribution in [1.29, 1.82) is 0 Å². The fourth-order valence-corrected chi connectivity index (χ4v) is 4.01. The maximum atomic E-state index is 12.8. The van der Waals surface area contributed by atoms with Crippen molar-refractivity contribution in [1.82, 2.24) is 15.2 Å². The molecule has 2 aromatic carbocycles. The molecule has 1 atom stereocenters. The summed E-state index contributed by atoms with van der Waals surface area (Å²) in [5.74, 6) is -0.0239. The normalized spacial score (nSPS) is 15.6. The van der Waals surface area contributed by atoms with Gasteiger partial charge in [-0.3, -0.25) is 14.7 Å². The van der Waals surface area contributed by atoms with Crippen LogP contribution in [0.25, 0.3) is 11.1 Å². The lowest BCUT2D eigenvalue weighted by molar-refractivity contribution is 0.0924. The average molecular weight is 386 g/mol. The Kier molecular flexibility index (Phi) is 6.32. The highest BCUT2D eigenvalue weighted by Gasteiger charge is 2.22. The average Bonchev–Trinajstić information content (AvgIpc) is 2.81. The predicted molar refractivity (Wildman–Crippen MR) is 117 cm³/mol. The molecule has 1 amide bonds. The van der Waals surface area contributed by atoms with Crippen LogP contribution in [0.1, 0.15) is 41.2 Å². The predicted octanol–water partition coefficient (Wildman–Crippen LogP) is 4.71. The number of hydrogen-bond donors (Lipinski definition) is 1. The standard InChI is InChI=1S/C25H27N3O/c29-25(23-11-9-20(10-12-23)21-13-15-26-16-14-21)27-19-24(22-7-3-1-4-8-22)28-17-5-2-6-18-28/h1,3-4,7-16,24H,2,5-6,17-19H2,(H,27,29). The van der Waals surface area contributed by atoms with E-state index in [-0.39, 0.29) is 11.9 Å². The van der Waals surface area contributed by atoms with Crippen LogP contribution in [0.15, 0.2) is 79.1 Å². The lowest BCUT2D eigenvalue weighted by Gasteiger charge is -2.35. The molecular formula is C25H27N3O. The lowest BCUT2D eigenvalue weighted by atomic mass is 10.0. The number of hydrogen-bond acceptors (Lipinski definition) is 3. The highest BCUT2D eigenvalue weighted by Crippen LogP contribution is 2.24. The van der Waals surface area contributed by atoms with Crippen LogP contribution in [-0.4, -0.2) is 35.4 Å². The Morgan fingerprint density at radius 1 is 0.862 bits per heavy atom. The lowest BCUT2D eigenvalue weighted by Crippen LogP contribution is -2.40. The number of pyridine rings is 1. The molecule has 4 rings (SSSR count). The molecule has 3 aromatic rings. The Labute approximate surface area is 172 Å². The first-order valence-electron chi connectivity index (χ1n) is 10.4. The van der Waals surface area contributed by atoms with E-state index in [1.807, 2.05) is 42.5 Å². The summed E-state index contributed by atoms with van der Waals surface area (Å²) in [7, 11) is 0. The van der Waals surface area contributed by atoms with Gasteiger partial charge in [-0.2, -0.15) is 0 Å². The van der Waals surface area contributed by atoms with E-state index in [1.165, 1.54) is 24.8 Å². The third kappa shape index (κ3) is 4.90. The molecule has 0 aliphatic carbocycles. The highest BCUT2D eigenvalue weighted by molar-refractivity contribution is 5.94. The van der Waals surface area contributed by atoms with Gasteiger partial charge in [-0.25, -0.2) is 0 Å². The minimum Gasteiger partial charge on any atom is -0.350 e. The van der Waals surface area contributed by atoms with E-state index in [2.05, 4.69) is 39.5 Å². The molecule has 0 saturated carbocycles. The second kappa shape index (κ2) is 9.48. The maximum absolute atomic E-state index is 12.8. The van der Waals surface area contributed by atoms with E-state index in [4.69, 9.17) is 0 Å². The van der Waals surface area contributed by atoms with Crippen LogP contribution < -0.4 is 5.32 Å². The van der Waals surface area contributed by atoms with E-state index in [9.17, 15) is 4.79 Å². The number of rotatable bonds is 6. The molecule has 1 aliphatic rings. The number of nitrogens with zero attached hydrogens (tertiary/aromatic N) is 2. The highest BCUT2D eigenvalue weighted by atomic mass is 16.1. The van der Waals surface area contributed by atoms with Crippen LogP contribution >= 0.6 is 0 Å². The second-order valence-corrected chi connectivity index (χ2v) is 7.55. The summed E-state index contributed by atoms with van der Waals surface area (Å²) in [6.45, 7) is 2.81. The molecule has 1 aliphatic heterocycles. The summed E-state index contributed by atoms with van der Waals surface area (Å²) < 4.78 is 0. The Morgan fingerprint density at radius 3 is 2.21 bits per heavy atom. The van der Waals surface area contributed by atoms with Crippen molar-refractivity contribution in [2.24, 2.45) is 0 Å².